The van der Waals surface area contributed by atoms with E-state index in [9.17, 15) is 4.79 Å². The quantitative estimate of drug-likeness (QED) is 0.453. The highest BCUT2D eigenvalue weighted by atomic mass is 32.2. The van der Waals surface area contributed by atoms with E-state index in [2.05, 4.69) is 29.0 Å². The molecule has 1 saturated carbocycles. The minimum atomic E-state index is 0.0483. The molecule has 152 valence electrons. The Labute approximate surface area is 174 Å². The number of hydrogen-bond acceptors (Lipinski definition) is 5. The van der Waals surface area contributed by atoms with Crippen molar-refractivity contribution < 1.29 is 9.21 Å². The number of furan rings is 1. The van der Waals surface area contributed by atoms with Crippen molar-refractivity contribution in [1.29, 1.82) is 0 Å². The maximum absolute atomic E-state index is 12.5. The zero-order valence-corrected chi connectivity index (χ0v) is 17.5. The van der Waals surface area contributed by atoms with Gasteiger partial charge in [0.2, 0.25) is 11.7 Å². The van der Waals surface area contributed by atoms with Crippen molar-refractivity contribution in [2.75, 3.05) is 5.75 Å². The zero-order valence-electron chi connectivity index (χ0n) is 16.6. The normalized spacial score (nSPS) is 19.3. The number of nitrogens with one attached hydrogen (secondary N) is 1. The lowest BCUT2D eigenvalue weighted by atomic mass is 9.86. The number of fused-ring (bicyclic) bond motifs is 1. The van der Waals surface area contributed by atoms with Crippen molar-refractivity contribution in [3.05, 3.63) is 43.0 Å². The molecule has 0 radical (unpaired) electrons. The summed E-state index contributed by atoms with van der Waals surface area (Å²) in [7, 11) is 0. The van der Waals surface area contributed by atoms with Gasteiger partial charge < -0.3 is 9.73 Å². The van der Waals surface area contributed by atoms with Gasteiger partial charge in [-0.2, -0.15) is 0 Å². The van der Waals surface area contributed by atoms with Crippen LogP contribution in [0.1, 0.15) is 32.6 Å². The molecule has 1 aliphatic carbocycles. The average molecular weight is 411 g/mol. The van der Waals surface area contributed by atoms with Crippen LogP contribution in [-0.2, 0) is 11.3 Å². The Morgan fingerprint density at radius 2 is 2.17 bits per heavy atom. The van der Waals surface area contributed by atoms with E-state index in [1.807, 2.05) is 34.9 Å². The first kappa shape index (κ1) is 19.8. The molecule has 1 fully saturated rings. The van der Waals surface area contributed by atoms with E-state index in [0.717, 1.165) is 17.4 Å². The molecule has 7 heteroatoms. The van der Waals surface area contributed by atoms with Crippen LogP contribution in [0, 0.1) is 5.92 Å². The van der Waals surface area contributed by atoms with E-state index in [-0.39, 0.29) is 11.9 Å². The molecule has 0 spiro atoms. The lowest BCUT2D eigenvalue weighted by molar-refractivity contribution is -0.119. The Morgan fingerprint density at radius 3 is 2.97 bits per heavy atom. The summed E-state index contributed by atoms with van der Waals surface area (Å²) in [6, 6.07) is 10.1. The first-order chi connectivity index (χ1) is 14.2. The number of carbonyl (C=O) groups is 1. The van der Waals surface area contributed by atoms with Crippen LogP contribution in [0.5, 0.6) is 0 Å². The van der Waals surface area contributed by atoms with Crippen molar-refractivity contribution in [2.24, 2.45) is 5.92 Å². The van der Waals surface area contributed by atoms with Crippen LogP contribution >= 0.6 is 11.8 Å². The molecule has 0 saturated heterocycles. The first-order valence-electron chi connectivity index (χ1n) is 10.1. The van der Waals surface area contributed by atoms with Gasteiger partial charge in [0.25, 0.3) is 0 Å². The summed E-state index contributed by atoms with van der Waals surface area (Å²) in [6.07, 6.45) is 6.50. The van der Waals surface area contributed by atoms with Crippen LogP contribution in [0.25, 0.3) is 22.6 Å². The van der Waals surface area contributed by atoms with Crippen LogP contribution in [-0.4, -0.2) is 32.5 Å². The molecule has 3 aromatic rings. The number of aromatic nitrogens is 3. The van der Waals surface area contributed by atoms with E-state index >= 15 is 0 Å². The van der Waals surface area contributed by atoms with E-state index in [1.54, 1.807) is 6.08 Å². The summed E-state index contributed by atoms with van der Waals surface area (Å²) >= 11 is 1.40. The van der Waals surface area contributed by atoms with Gasteiger partial charge in [-0.25, -0.2) is 0 Å². The van der Waals surface area contributed by atoms with Crippen molar-refractivity contribution >= 4 is 28.6 Å². The average Bonchev–Trinajstić information content (AvgIpc) is 3.32. The molecule has 6 nitrogen and oxygen atoms in total. The summed E-state index contributed by atoms with van der Waals surface area (Å²) in [5, 5.41) is 13.5. The Balaban J connectivity index is 1.47. The highest BCUT2D eigenvalue weighted by Crippen LogP contribution is 2.29. The molecule has 2 atom stereocenters. The molecule has 29 heavy (non-hydrogen) atoms. The van der Waals surface area contributed by atoms with Crippen LogP contribution in [0.15, 0.2) is 52.6 Å². The molecular formula is C22H26N4O2S. The summed E-state index contributed by atoms with van der Waals surface area (Å²) in [5.41, 5.74) is 0.811. The highest BCUT2D eigenvalue weighted by Gasteiger charge is 2.23. The largest absolute Gasteiger partial charge is 0.453 e. The van der Waals surface area contributed by atoms with Crippen molar-refractivity contribution in [2.45, 2.75) is 50.4 Å². The Hall–Kier alpha value is -2.54. The standard InChI is InChI=1S/C22H26N4O2S/c1-3-12-26-21(19-13-16-9-5-7-11-18(16)28-19)24-25-22(26)29-14-20(27)23-17-10-6-4-8-15(17)2/h3,5,7,9,11,13,15,17H,1,4,6,8,10,12,14H2,2H3,(H,23,27)/t15-,17-/m1/s1. The number of hydrogen-bond donors (Lipinski definition) is 1. The SMILES string of the molecule is C=CCn1c(SCC(=O)N[C@@H]2CCCC[C@H]2C)nnc1-c1cc2ccccc2o1. The molecule has 0 bridgehead atoms. The minimum Gasteiger partial charge on any atom is -0.453 e. The van der Waals surface area contributed by atoms with E-state index in [4.69, 9.17) is 4.42 Å². The van der Waals surface area contributed by atoms with Gasteiger partial charge in [0.05, 0.1) is 5.75 Å². The lowest BCUT2D eigenvalue weighted by Crippen LogP contribution is -2.41. The number of amides is 1. The molecule has 0 unspecified atom stereocenters. The fraction of sp³-hybridized carbons (Fsp3) is 0.409. The molecule has 4 rings (SSSR count). The van der Waals surface area contributed by atoms with Gasteiger partial charge in [-0.1, -0.05) is 55.8 Å². The summed E-state index contributed by atoms with van der Waals surface area (Å²) in [4.78, 5) is 12.5. The van der Waals surface area contributed by atoms with Gasteiger partial charge in [0, 0.05) is 18.0 Å². The molecular weight excluding hydrogens is 384 g/mol. The predicted octanol–water partition coefficient (Wildman–Crippen LogP) is 4.66. The molecule has 1 aliphatic rings. The minimum absolute atomic E-state index is 0.0483. The molecule has 1 aromatic carbocycles. The third kappa shape index (κ3) is 4.40. The Bertz CT molecular complexity index is 976. The molecule has 2 aromatic heterocycles. The molecule has 1 N–H and O–H groups in total. The summed E-state index contributed by atoms with van der Waals surface area (Å²) < 4.78 is 7.88. The van der Waals surface area contributed by atoms with Crippen molar-refractivity contribution in [3.8, 4) is 11.6 Å². The smallest absolute Gasteiger partial charge is 0.230 e. The van der Waals surface area contributed by atoms with E-state index in [0.29, 0.717) is 35.0 Å². The van der Waals surface area contributed by atoms with Gasteiger partial charge in [0.15, 0.2) is 10.9 Å². The fourth-order valence-electron chi connectivity index (χ4n) is 3.87. The van der Waals surface area contributed by atoms with Gasteiger partial charge >= 0.3 is 0 Å². The van der Waals surface area contributed by atoms with Crippen LogP contribution in [0.2, 0.25) is 0 Å². The Kier molecular flexibility index (Phi) is 6.04. The number of benzene rings is 1. The van der Waals surface area contributed by atoms with Gasteiger partial charge in [-0.05, 0) is 30.9 Å². The number of nitrogens with zero attached hydrogens (tertiary/aromatic N) is 3. The predicted molar refractivity (Wildman–Crippen MR) is 116 cm³/mol. The van der Waals surface area contributed by atoms with Crippen molar-refractivity contribution in [3.63, 3.8) is 0 Å². The van der Waals surface area contributed by atoms with E-state index in [1.165, 1.54) is 31.0 Å². The first-order valence-corrected chi connectivity index (χ1v) is 11.1. The van der Waals surface area contributed by atoms with E-state index < -0.39 is 0 Å². The number of rotatable bonds is 7. The monoisotopic (exact) mass is 410 g/mol. The van der Waals surface area contributed by atoms with Gasteiger partial charge in [0.1, 0.15) is 5.58 Å². The zero-order chi connectivity index (χ0) is 20.2. The maximum atomic E-state index is 12.5. The van der Waals surface area contributed by atoms with Crippen LogP contribution < -0.4 is 5.32 Å². The fourth-order valence-corrected chi connectivity index (χ4v) is 4.63. The summed E-state index contributed by atoms with van der Waals surface area (Å²) in [6.45, 7) is 6.60. The second kappa shape index (κ2) is 8.86. The number of allylic oxidation sites excluding steroid dienone is 1. The topological polar surface area (TPSA) is 73.0 Å². The van der Waals surface area contributed by atoms with Crippen molar-refractivity contribution in [1.82, 2.24) is 20.1 Å². The lowest BCUT2D eigenvalue weighted by Gasteiger charge is -2.29. The Morgan fingerprint density at radius 1 is 1.34 bits per heavy atom. The molecule has 0 aliphatic heterocycles. The third-order valence-corrected chi connectivity index (χ3v) is 6.43. The van der Waals surface area contributed by atoms with Gasteiger partial charge in [-0.3, -0.25) is 9.36 Å². The second-order valence-electron chi connectivity index (χ2n) is 7.58. The summed E-state index contributed by atoms with van der Waals surface area (Å²) in [5.74, 6) is 2.21. The maximum Gasteiger partial charge on any atom is 0.230 e. The van der Waals surface area contributed by atoms with Crippen LogP contribution in [0.3, 0.4) is 0 Å². The number of carbonyl (C=O) groups excluding carboxylic acids is 1. The third-order valence-electron chi connectivity index (χ3n) is 5.46. The highest BCUT2D eigenvalue weighted by molar-refractivity contribution is 7.99. The number of thioether (sulfide) groups is 1. The second-order valence-corrected chi connectivity index (χ2v) is 8.52. The van der Waals surface area contributed by atoms with Gasteiger partial charge in [-0.15, -0.1) is 16.8 Å². The van der Waals surface area contributed by atoms with Crippen LogP contribution in [0.4, 0.5) is 0 Å². The molecule has 2 heterocycles. The number of para-hydroxylation sites is 1. The molecule has 1 amide bonds.